The molecule has 0 spiro atoms. The molecule has 1 aromatic carbocycles. The average Bonchev–Trinajstić information content (AvgIpc) is 3.21. The van der Waals surface area contributed by atoms with Crippen LogP contribution < -0.4 is 10.6 Å². The maximum Gasteiger partial charge on any atom is 0.227 e. The Bertz CT molecular complexity index is 772. The Kier molecular flexibility index (Phi) is 6.40. The number of nitrogens with zero attached hydrogens (tertiary/aromatic N) is 2. The van der Waals surface area contributed by atoms with Crippen LogP contribution in [-0.2, 0) is 4.79 Å². The zero-order valence-electron chi connectivity index (χ0n) is 16.0. The summed E-state index contributed by atoms with van der Waals surface area (Å²) in [4.78, 5) is 21.2. The van der Waals surface area contributed by atoms with Crippen LogP contribution in [0.25, 0.3) is 11.3 Å². The van der Waals surface area contributed by atoms with Crippen molar-refractivity contribution in [3.05, 3.63) is 36.5 Å². The van der Waals surface area contributed by atoms with Gasteiger partial charge in [-0.25, -0.2) is 9.97 Å². The lowest BCUT2D eigenvalue weighted by Crippen LogP contribution is -2.30. The molecule has 1 saturated carbocycles. The molecule has 1 aliphatic rings. The maximum atomic E-state index is 12.4. The smallest absolute Gasteiger partial charge is 0.227 e. The zero-order chi connectivity index (χ0) is 19.2. The normalized spacial score (nSPS) is 15.7. The number of anilines is 2. The lowest BCUT2D eigenvalue weighted by Gasteiger charge is -2.20. The predicted molar refractivity (Wildman–Crippen MR) is 107 cm³/mol. The third kappa shape index (κ3) is 5.04. The molecule has 144 valence electrons. The third-order valence-electron chi connectivity index (χ3n) is 5.12. The highest BCUT2D eigenvalue weighted by molar-refractivity contribution is 5.93. The second kappa shape index (κ2) is 8.95. The Morgan fingerprint density at radius 1 is 1.26 bits per heavy atom. The van der Waals surface area contributed by atoms with Crippen LogP contribution in [-0.4, -0.2) is 33.6 Å². The van der Waals surface area contributed by atoms with Crippen molar-refractivity contribution >= 4 is 17.5 Å². The van der Waals surface area contributed by atoms with Gasteiger partial charge in [0.2, 0.25) is 11.9 Å². The Morgan fingerprint density at radius 3 is 2.74 bits per heavy atom. The maximum absolute atomic E-state index is 12.4. The number of aromatic nitrogens is 2. The second-order valence-corrected chi connectivity index (χ2v) is 7.49. The van der Waals surface area contributed by atoms with Crippen LogP contribution in [0.1, 0.15) is 39.5 Å². The Morgan fingerprint density at radius 2 is 2.04 bits per heavy atom. The second-order valence-electron chi connectivity index (χ2n) is 7.49. The summed E-state index contributed by atoms with van der Waals surface area (Å²) in [5, 5.41) is 15.7. The Hall–Kier alpha value is -2.47. The number of aliphatic hydroxyl groups is 1. The molecule has 1 fully saturated rings. The first kappa shape index (κ1) is 19.3. The van der Waals surface area contributed by atoms with Gasteiger partial charge in [0.1, 0.15) is 0 Å². The van der Waals surface area contributed by atoms with E-state index in [0.29, 0.717) is 5.95 Å². The number of hydrogen-bond acceptors (Lipinski definition) is 5. The van der Waals surface area contributed by atoms with Gasteiger partial charge in [0.05, 0.1) is 18.3 Å². The van der Waals surface area contributed by atoms with E-state index >= 15 is 0 Å². The van der Waals surface area contributed by atoms with Crippen LogP contribution in [0.5, 0.6) is 0 Å². The number of benzene rings is 1. The first-order valence-electron chi connectivity index (χ1n) is 9.68. The molecule has 1 aliphatic carbocycles. The SMILES string of the molecule is CC(C)C(CO)Nc1nccc(-c2cccc(NC(=O)C3CCCC3)c2)n1. The van der Waals surface area contributed by atoms with Gasteiger partial charge in [-0.2, -0.15) is 0 Å². The van der Waals surface area contributed by atoms with Crippen molar-refractivity contribution in [3.8, 4) is 11.3 Å². The number of carbonyl (C=O) groups excluding carboxylic acids is 1. The first-order chi connectivity index (χ1) is 13.1. The lowest BCUT2D eigenvalue weighted by molar-refractivity contribution is -0.119. The molecule has 3 N–H and O–H groups in total. The van der Waals surface area contributed by atoms with Crippen LogP contribution >= 0.6 is 0 Å². The van der Waals surface area contributed by atoms with Gasteiger partial charge in [-0.3, -0.25) is 4.79 Å². The monoisotopic (exact) mass is 368 g/mol. The number of aliphatic hydroxyl groups excluding tert-OH is 1. The summed E-state index contributed by atoms with van der Waals surface area (Å²) in [6.45, 7) is 4.09. The number of amides is 1. The first-order valence-corrected chi connectivity index (χ1v) is 9.68. The molecule has 27 heavy (non-hydrogen) atoms. The van der Waals surface area contributed by atoms with E-state index in [1.54, 1.807) is 6.20 Å². The van der Waals surface area contributed by atoms with Crippen molar-refractivity contribution in [1.82, 2.24) is 9.97 Å². The molecule has 0 aliphatic heterocycles. The Labute approximate surface area is 160 Å². The van der Waals surface area contributed by atoms with Crippen LogP contribution in [0.15, 0.2) is 36.5 Å². The van der Waals surface area contributed by atoms with E-state index in [1.165, 1.54) is 0 Å². The van der Waals surface area contributed by atoms with Gasteiger partial charge in [0.15, 0.2) is 0 Å². The molecule has 0 bridgehead atoms. The van der Waals surface area contributed by atoms with E-state index in [2.05, 4.69) is 20.6 Å². The summed E-state index contributed by atoms with van der Waals surface area (Å²) in [6.07, 6.45) is 5.94. The highest BCUT2D eigenvalue weighted by Crippen LogP contribution is 2.27. The van der Waals surface area contributed by atoms with Crippen molar-refractivity contribution in [2.45, 2.75) is 45.6 Å². The summed E-state index contributed by atoms with van der Waals surface area (Å²) in [5.74, 6) is 0.990. The number of rotatable bonds is 7. The van der Waals surface area contributed by atoms with E-state index in [0.717, 1.165) is 42.6 Å². The average molecular weight is 368 g/mol. The quantitative estimate of drug-likeness (QED) is 0.694. The summed E-state index contributed by atoms with van der Waals surface area (Å²) in [6, 6.07) is 9.45. The molecule has 1 heterocycles. The van der Waals surface area contributed by atoms with Gasteiger partial charge in [-0.15, -0.1) is 0 Å². The molecule has 0 radical (unpaired) electrons. The Balaban J connectivity index is 1.74. The van der Waals surface area contributed by atoms with Gasteiger partial charge >= 0.3 is 0 Å². The van der Waals surface area contributed by atoms with E-state index in [1.807, 2.05) is 44.2 Å². The molecule has 0 saturated heterocycles. The van der Waals surface area contributed by atoms with Crippen molar-refractivity contribution in [2.75, 3.05) is 17.2 Å². The summed E-state index contributed by atoms with van der Waals surface area (Å²) in [7, 11) is 0. The lowest BCUT2D eigenvalue weighted by atomic mass is 10.1. The summed E-state index contributed by atoms with van der Waals surface area (Å²) < 4.78 is 0. The van der Waals surface area contributed by atoms with Crippen LogP contribution in [0.4, 0.5) is 11.6 Å². The minimum absolute atomic E-state index is 0.0218. The van der Waals surface area contributed by atoms with E-state index in [4.69, 9.17) is 0 Å². The van der Waals surface area contributed by atoms with Crippen molar-refractivity contribution < 1.29 is 9.90 Å². The van der Waals surface area contributed by atoms with E-state index < -0.39 is 0 Å². The molecule has 1 atom stereocenters. The fourth-order valence-corrected chi connectivity index (χ4v) is 3.37. The van der Waals surface area contributed by atoms with Gasteiger partial charge in [0.25, 0.3) is 0 Å². The van der Waals surface area contributed by atoms with E-state index in [-0.39, 0.29) is 30.4 Å². The minimum Gasteiger partial charge on any atom is -0.394 e. The van der Waals surface area contributed by atoms with Crippen LogP contribution in [0.3, 0.4) is 0 Å². The van der Waals surface area contributed by atoms with Gasteiger partial charge in [-0.1, -0.05) is 38.8 Å². The van der Waals surface area contributed by atoms with Gasteiger partial charge in [-0.05, 0) is 37.0 Å². The van der Waals surface area contributed by atoms with Gasteiger partial charge in [0, 0.05) is 23.4 Å². The number of hydrogen-bond donors (Lipinski definition) is 3. The molecule has 1 unspecified atom stereocenters. The van der Waals surface area contributed by atoms with Crippen LogP contribution in [0, 0.1) is 11.8 Å². The van der Waals surface area contributed by atoms with Crippen molar-refractivity contribution in [3.63, 3.8) is 0 Å². The fourth-order valence-electron chi connectivity index (χ4n) is 3.37. The molecule has 3 rings (SSSR count). The summed E-state index contributed by atoms with van der Waals surface area (Å²) in [5.41, 5.74) is 2.47. The number of nitrogens with one attached hydrogen (secondary N) is 2. The molecule has 6 heteroatoms. The van der Waals surface area contributed by atoms with Crippen LogP contribution in [0.2, 0.25) is 0 Å². The molecular formula is C21H28N4O2. The molecule has 1 aromatic heterocycles. The van der Waals surface area contributed by atoms with Crippen molar-refractivity contribution in [1.29, 1.82) is 0 Å². The van der Waals surface area contributed by atoms with Gasteiger partial charge < -0.3 is 15.7 Å². The number of carbonyl (C=O) groups is 1. The molecular weight excluding hydrogens is 340 g/mol. The topological polar surface area (TPSA) is 87.1 Å². The van der Waals surface area contributed by atoms with Crippen molar-refractivity contribution in [2.24, 2.45) is 11.8 Å². The standard InChI is InChI=1S/C21H28N4O2/c1-14(2)19(13-26)25-21-22-11-10-18(24-21)16-8-5-9-17(12-16)23-20(27)15-6-3-4-7-15/h5,8-12,14-15,19,26H,3-4,6-7,13H2,1-2H3,(H,23,27)(H,22,24,25). The molecule has 2 aromatic rings. The zero-order valence-corrected chi connectivity index (χ0v) is 16.0. The predicted octanol–water partition coefficient (Wildman–Crippen LogP) is 3.70. The third-order valence-corrected chi connectivity index (χ3v) is 5.12. The molecule has 1 amide bonds. The largest absolute Gasteiger partial charge is 0.394 e. The highest BCUT2D eigenvalue weighted by Gasteiger charge is 2.22. The highest BCUT2D eigenvalue weighted by atomic mass is 16.3. The van der Waals surface area contributed by atoms with E-state index in [9.17, 15) is 9.90 Å². The molecule has 6 nitrogen and oxygen atoms in total. The minimum atomic E-state index is -0.0997. The summed E-state index contributed by atoms with van der Waals surface area (Å²) >= 11 is 0. The fraction of sp³-hybridized carbons (Fsp3) is 0.476.